The number of rotatable bonds is 6. The van der Waals surface area contributed by atoms with E-state index in [4.69, 9.17) is 4.74 Å². The summed E-state index contributed by atoms with van der Waals surface area (Å²) < 4.78 is 6.52. The lowest BCUT2D eigenvalue weighted by molar-refractivity contribution is 0.0948. The van der Waals surface area contributed by atoms with Crippen molar-refractivity contribution in [2.45, 2.75) is 6.54 Å². The molecule has 0 unspecified atom stereocenters. The Bertz CT molecular complexity index is 954. The van der Waals surface area contributed by atoms with Crippen molar-refractivity contribution in [3.8, 4) is 17.1 Å². The Morgan fingerprint density at radius 2 is 1.96 bits per heavy atom. The Morgan fingerprint density at radius 1 is 1.15 bits per heavy atom. The van der Waals surface area contributed by atoms with Gasteiger partial charge in [-0.3, -0.25) is 14.2 Å². The van der Waals surface area contributed by atoms with Gasteiger partial charge in [0.1, 0.15) is 5.56 Å². The third-order valence-electron chi connectivity index (χ3n) is 3.80. The fraction of sp³-hybridized carbons (Fsp3) is 0.158. The van der Waals surface area contributed by atoms with E-state index < -0.39 is 0 Å². The van der Waals surface area contributed by atoms with E-state index in [-0.39, 0.29) is 23.9 Å². The molecule has 0 atom stereocenters. The van der Waals surface area contributed by atoms with Gasteiger partial charge in [0.2, 0.25) is 5.88 Å². The smallest absolute Gasteiger partial charge is 0.256 e. The van der Waals surface area contributed by atoms with Gasteiger partial charge < -0.3 is 10.1 Å². The highest BCUT2D eigenvalue weighted by molar-refractivity contribution is 5.96. The van der Waals surface area contributed by atoms with Crippen LogP contribution in [0.25, 0.3) is 11.3 Å². The van der Waals surface area contributed by atoms with Crippen LogP contribution >= 0.6 is 0 Å². The zero-order chi connectivity index (χ0) is 18.4. The predicted molar refractivity (Wildman–Crippen MR) is 97.1 cm³/mol. The topological polar surface area (TPSA) is 86.1 Å². The van der Waals surface area contributed by atoms with Crippen molar-refractivity contribution in [2.24, 2.45) is 0 Å². The fourth-order valence-corrected chi connectivity index (χ4v) is 2.47. The molecular formula is C19H18N4O3. The number of carbonyl (C=O) groups is 1. The number of hydrogen-bond donors (Lipinski definition) is 1. The van der Waals surface area contributed by atoms with E-state index in [1.165, 1.54) is 24.1 Å². The molecule has 0 spiro atoms. The molecule has 0 aliphatic rings. The highest BCUT2D eigenvalue weighted by atomic mass is 16.5. The maximum Gasteiger partial charge on any atom is 0.256 e. The van der Waals surface area contributed by atoms with E-state index in [0.29, 0.717) is 17.8 Å². The Labute approximate surface area is 150 Å². The normalized spacial score (nSPS) is 10.3. The van der Waals surface area contributed by atoms with Gasteiger partial charge in [-0.15, -0.1) is 0 Å². The van der Waals surface area contributed by atoms with E-state index in [2.05, 4.69) is 15.3 Å². The monoisotopic (exact) mass is 350 g/mol. The van der Waals surface area contributed by atoms with Gasteiger partial charge in [0, 0.05) is 30.9 Å². The largest absolute Gasteiger partial charge is 0.480 e. The lowest BCUT2D eigenvalue weighted by Crippen LogP contribution is -2.31. The van der Waals surface area contributed by atoms with Crippen molar-refractivity contribution >= 4 is 5.91 Å². The molecule has 0 fully saturated rings. The summed E-state index contributed by atoms with van der Waals surface area (Å²) in [4.78, 5) is 32.7. The van der Waals surface area contributed by atoms with Crippen LogP contribution in [0, 0.1) is 0 Å². The zero-order valence-corrected chi connectivity index (χ0v) is 14.3. The third-order valence-corrected chi connectivity index (χ3v) is 3.80. The number of benzene rings is 1. The molecule has 0 aliphatic heterocycles. The van der Waals surface area contributed by atoms with Gasteiger partial charge in [-0.2, -0.15) is 0 Å². The first-order chi connectivity index (χ1) is 12.7. The number of nitrogens with zero attached hydrogens (tertiary/aromatic N) is 3. The van der Waals surface area contributed by atoms with E-state index in [0.717, 1.165) is 5.56 Å². The molecule has 2 heterocycles. The van der Waals surface area contributed by atoms with Crippen LogP contribution < -0.4 is 15.6 Å². The minimum Gasteiger partial charge on any atom is -0.480 e. The number of nitrogens with one attached hydrogen (secondary N) is 1. The van der Waals surface area contributed by atoms with Crippen LogP contribution in [-0.4, -0.2) is 34.1 Å². The molecule has 0 bridgehead atoms. The van der Waals surface area contributed by atoms with Gasteiger partial charge in [-0.25, -0.2) is 9.97 Å². The van der Waals surface area contributed by atoms with Crippen molar-refractivity contribution in [3.63, 3.8) is 0 Å². The number of hydrogen-bond acceptors (Lipinski definition) is 5. The zero-order valence-electron chi connectivity index (χ0n) is 14.3. The third kappa shape index (κ3) is 3.94. The summed E-state index contributed by atoms with van der Waals surface area (Å²) >= 11 is 0. The van der Waals surface area contributed by atoms with Crippen LogP contribution in [0.5, 0.6) is 5.88 Å². The van der Waals surface area contributed by atoms with E-state index in [1.807, 2.05) is 30.3 Å². The van der Waals surface area contributed by atoms with Crippen LogP contribution in [0.15, 0.2) is 65.8 Å². The number of pyridine rings is 1. The van der Waals surface area contributed by atoms with Crippen LogP contribution in [0.3, 0.4) is 0 Å². The molecule has 7 nitrogen and oxygen atoms in total. The van der Waals surface area contributed by atoms with Gasteiger partial charge >= 0.3 is 0 Å². The van der Waals surface area contributed by atoms with Gasteiger partial charge in [0.15, 0.2) is 0 Å². The molecule has 1 aromatic carbocycles. The summed E-state index contributed by atoms with van der Waals surface area (Å²) in [5, 5.41) is 2.75. The molecule has 7 heteroatoms. The average molecular weight is 350 g/mol. The summed E-state index contributed by atoms with van der Waals surface area (Å²) in [6.07, 6.45) is 3.04. The molecule has 0 saturated heterocycles. The number of methoxy groups -OCH3 is 1. The van der Waals surface area contributed by atoms with Crippen molar-refractivity contribution in [1.29, 1.82) is 0 Å². The lowest BCUT2D eigenvalue weighted by Gasteiger charge is -2.09. The first-order valence-corrected chi connectivity index (χ1v) is 8.08. The van der Waals surface area contributed by atoms with Crippen LogP contribution in [0.1, 0.15) is 10.4 Å². The highest BCUT2D eigenvalue weighted by Crippen LogP contribution is 2.14. The predicted octanol–water partition coefficient (Wildman–Crippen LogP) is 1.74. The van der Waals surface area contributed by atoms with Crippen molar-refractivity contribution in [1.82, 2.24) is 19.9 Å². The molecule has 1 N–H and O–H groups in total. The number of aromatic nitrogens is 3. The van der Waals surface area contributed by atoms with E-state index in [1.54, 1.807) is 18.3 Å². The maximum atomic E-state index is 12.2. The fourth-order valence-electron chi connectivity index (χ4n) is 2.47. The van der Waals surface area contributed by atoms with E-state index >= 15 is 0 Å². The summed E-state index contributed by atoms with van der Waals surface area (Å²) in [5.74, 6) is -0.0482. The van der Waals surface area contributed by atoms with Crippen LogP contribution in [0.4, 0.5) is 0 Å². The minimum absolute atomic E-state index is 0.174. The lowest BCUT2D eigenvalue weighted by atomic mass is 10.1. The second-order valence-electron chi connectivity index (χ2n) is 5.49. The molecule has 0 saturated carbocycles. The van der Waals surface area contributed by atoms with Crippen LogP contribution in [0.2, 0.25) is 0 Å². The average Bonchev–Trinajstić information content (AvgIpc) is 2.69. The van der Waals surface area contributed by atoms with Gasteiger partial charge in [0.05, 0.1) is 19.1 Å². The molecule has 26 heavy (non-hydrogen) atoms. The van der Waals surface area contributed by atoms with Gasteiger partial charge in [-0.05, 0) is 12.1 Å². The summed E-state index contributed by atoms with van der Waals surface area (Å²) in [7, 11) is 1.46. The number of carbonyl (C=O) groups excluding carboxylic acids is 1. The van der Waals surface area contributed by atoms with E-state index in [9.17, 15) is 9.59 Å². The Hall–Kier alpha value is -3.48. The summed E-state index contributed by atoms with van der Waals surface area (Å²) in [6, 6.07) is 14.3. The maximum absolute atomic E-state index is 12.2. The van der Waals surface area contributed by atoms with Crippen molar-refractivity contribution < 1.29 is 9.53 Å². The SMILES string of the molecule is COc1ncccc1C(=O)NCCn1cnc(-c2ccccc2)cc1=O. The van der Waals surface area contributed by atoms with Crippen molar-refractivity contribution in [2.75, 3.05) is 13.7 Å². The molecule has 3 aromatic rings. The molecule has 132 valence electrons. The molecule has 0 radical (unpaired) electrons. The molecular weight excluding hydrogens is 332 g/mol. The second kappa shape index (κ2) is 8.06. The molecule has 0 aliphatic carbocycles. The highest BCUT2D eigenvalue weighted by Gasteiger charge is 2.12. The Balaban J connectivity index is 1.63. The standard InChI is InChI=1S/C19H18N4O3/c1-26-19-15(8-5-9-21-19)18(25)20-10-11-23-13-22-16(12-17(23)24)14-6-3-2-4-7-14/h2-9,12-13H,10-11H2,1H3,(H,20,25). The second-order valence-corrected chi connectivity index (χ2v) is 5.49. The molecule has 2 aromatic heterocycles. The van der Waals surface area contributed by atoms with Gasteiger partial charge in [0.25, 0.3) is 11.5 Å². The molecule has 1 amide bonds. The molecule has 3 rings (SSSR count). The van der Waals surface area contributed by atoms with Crippen LogP contribution in [-0.2, 0) is 6.54 Å². The van der Waals surface area contributed by atoms with Gasteiger partial charge in [-0.1, -0.05) is 30.3 Å². The first-order valence-electron chi connectivity index (χ1n) is 8.08. The quantitative estimate of drug-likeness (QED) is 0.732. The Morgan fingerprint density at radius 3 is 2.69 bits per heavy atom. The number of amides is 1. The number of ether oxygens (including phenoxy) is 1. The first kappa shape index (κ1) is 17.3. The summed E-state index contributed by atoms with van der Waals surface area (Å²) in [5.41, 5.74) is 1.68. The Kier molecular flexibility index (Phi) is 5.38. The summed E-state index contributed by atoms with van der Waals surface area (Å²) in [6.45, 7) is 0.596. The minimum atomic E-state index is -0.308. The van der Waals surface area contributed by atoms with Crippen molar-refractivity contribution in [3.05, 3.63) is 77.0 Å².